The number of hydrogen-bond acceptors (Lipinski definition) is 9. The summed E-state index contributed by atoms with van der Waals surface area (Å²) in [7, 11) is 0. The van der Waals surface area contributed by atoms with Crippen LogP contribution in [0.5, 0.6) is 0 Å². The zero-order chi connectivity index (χ0) is 31.1. The molecule has 5 rings (SSSR count). The first kappa shape index (κ1) is 30.4. The second-order valence-electron chi connectivity index (χ2n) is 9.55. The predicted molar refractivity (Wildman–Crippen MR) is 161 cm³/mol. The van der Waals surface area contributed by atoms with Gasteiger partial charge in [-0.1, -0.05) is 70.5 Å². The number of halogens is 1. The monoisotopic (exact) mass is 660 g/mol. The van der Waals surface area contributed by atoms with Crippen LogP contribution >= 0.6 is 15.9 Å². The van der Waals surface area contributed by atoms with Crippen molar-refractivity contribution in [1.29, 1.82) is 0 Å². The van der Waals surface area contributed by atoms with Crippen molar-refractivity contribution in [3.05, 3.63) is 145 Å². The van der Waals surface area contributed by atoms with Gasteiger partial charge in [-0.2, -0.15) is 0 Å². The zero-order valence-electron chi connectivity index (χ0n) is 22.9. The first-order chi connectivity index (χ1) is 21.4. The van der Waals surface area contributed by atoms with Gasteiger partial charge in [-0.15, -0.1) is 0 Å². The van der Waals surface area contributed by atoms with Crippen LogP contribution in [0.3, 0.4) is 0 Å². The maximum Gasteiger partial charge on any atom is 0.338 e. The van der Waals surface area contributed by atoms with Gasteiger partial charge in [0, 0.05) is 6.20 Å². The summed E-state index contributed by atoms with van der Waals surface area (Å²) in [5, 5.41) is 0. The van der Waals surface area contributed by atoms with E-state index < -0.39 is 60.3 Å². The van der Waals surface area contributed by atoms with Crippen LogP contribution in [0.15, 0.2) is 112 Å². The van der Waals surface area contributed by atoms with E-state index in [-0.39, 0.29) is 22.3 Å². The molecule has 2 heterocycles. The Kier molecular flexibility index (Phi) is 9.62. The van der Waals surface area contributed by atoms with Crippen molar-refractivity contribution in [3.8, 4) is 0 Å². The second kappa shape index (κ2) is 13.9. The molecular formula is C32H25BrN2O9. The number of ether oxygens (including phenoxy) is 4. The highest BCUT2D eigenvalue weighted by Gasteiger charge is 2.51. The van der Waals surface area contributed by atoms with Gasteiger partial charge in [-0.05, 0) is 47.5 Å². The van der Waals surface area contributed by atoms with Crippen LogP contribution in [-0.4, -0.2) is 52.4 Å². The van der Waals surface area contributed by atoms with E-state index in [0.29, 0.717) is 0 Å². The van der Waals surface area contributed by atoms with Crippen molar-refractivity contribution in [1.82, 2.24) is 9.55 Å². The Bertz CT molecular complexity index is 1770. The van der Waals surface area contributed by atoms with Gasteiger partial charge < -0.3 is 18.9 Å². The Balaban J connectivity index is 1.54. The largest absolute Gasteiger partial charge is 0.459 e. The molecule has 0 bridgehead atoms. The topological polar surface area (TPSA) is 143 Å². The van der Waals surface area contributed by atoms with Gasteiger partial charge in [0.05, 0.1) is 22.3 Å². The Labute approximate surface area is 258 Å². The molecule has 1 N–H and O–H groups in total. The number of aromatic nitrogens is 2. The van der Waals surface area contributed by atoms with Crippen LogP contribution in [0, 0.1) is 0 Å². The van der Waals surface area contributed by atoms with Crippen molar-refractivity contribution in [2.24, 2.45) is 0 Å². The van der Waals surface area contributed by atoms with Crippen LogP contribution in [-0.2, 0) is 18.9 Å². The normalized spacial score (nSPS) is 19.4. The summed E-state index contributed by atoms with van der Waals surface area (Å²) in [4.78, 5) is 68.4. The van der Waals surface area contributed by atoms with Gasteiger partial charge in [-0.25, -0.2) is 19.2 Å². The highest BCUT2D eigenvalue weighted by Crippen LogP contribution is 2.35. The summed E-state index contributed by atoms with van der Waals surface area (Å²) in [5.74, 6) is -2.23. The van der Waals surface area contributed by atoms with Crippen LogP contribution in [0.25, 0.3) is 6.08 Å². The fourth-order valence-electron chi connectivity index (χ4n) is 4.56. The van der Waals surface area contributed by atoms with Crippen molar-refractivity contribution in [2.45, 2.75) is 24.5 Å². The minimum absolute atomic E-state index is 0.0787. The lowest BCUT2D eigenvalue weighted by molar-refractivity contribution is -0.0640. The lowest BCUT2D eigenvalue weighted by atomic mass is 10.1. The van der Waals surface area contributed by atoms with Gasteiger partial charge in [0.1, 0.15) is 12.7 Å². The summed E-state index contributed by atoms with van der Waals surface area (Å²) in [5.41, 5.74) is -0.796. The third kappa shape index (κ3) is 6.93. The Morgan fingerprint density at radius 3 is 1.80 bits per heavy atom. The molecule has 1 fully saturated rings. The van der Waals surface area contributed by atoms with Gasteiger partial charge >= 0.3 is 23.6 Å². The summed E-state index contributed by atoms with van der Waals surface area (Å²) in [6, 6.07) is 24.4. The molecule has 12 heteroatoms. The minimum atomic E-state index is -1.42. The first-order valence-corrected chi connectivity index (χ1v) is 14.3. The summed E-state index contributed by atoms with van der Waals surface area (Å²) >= 11 is 3.11. The third-order valence-electron chi connectivity index (χ3n) is 6.69. The molecule has 44 heavy (non-hydrogen) atoms. The highest BCUT2D eigenvalue weighted by atomic mass is 79.9. The predicted octanol–water partition coefficient (Wildman–Crippen LogP) is 4.11. The van der Waals surface area contributed by atoms with Crippen LogP contribution < -0.4 is 11.2 Å². The molecule has 3 aromatic carbocycles. The number of aromatic amines is 1. The second-order valence-corrected chi connectivity index (χ2v) is 10.1. The minimum Gasteiger partial charge on any atom is -0.459 e. The first-order valence-electron chi connectivity index (χ1n) is 13.4. The number of esters is 3. The van der Waals surface area contributed by atoms with Gasteiger partial charge in [-0.3, -0.25) is 14.3 Å². The number of H-pyrrole nitrogens is 1. The number of hydrogen-bond donors (Lipinski definition) is 1. The van der Waals surface area contributed by atoms with Crippen LogP contribution in [0.4, 0.5) is 0 Å². The maximum atomic E-state index is 13.3. The lowest BCUT2D eigenvalue weighted by Crippen LogP contribution is -2.43. The average Bonchev–Trinajstić information content (AvgIpc) is 3.38. The van der Waals surface area contributed by atoms with E-state index in [0.717, 1.165) is 4.57 Å². The summed E-state index contributed by atoms with van der Waals surface area (Å²) < 4.78 is 24.4. The quantitative estimate of drug-likeness (QED) is 0.207. The Morgan fingerprint density at radius 1 is 0.773 bits per heavy atom. The Hall–Kier alpha value is -5.07. The van der Waals surface area contributed by atoms with E-state index in [2.05, 4.69) is 20.9 Å². The number of nitrogens with zero attached hydrogens (tertiary/aromatic N) is 1. The molecule has 11 nitrogen and oxygen atoms in total. The highest BCUT2D eigenvalue weighted by molar-refractivity contribution is 9.11. The van der Waals surface area contributed by atoms with Crippen molar-refractivity contribution in [2.75, 3.05) is 6.61 Å². The third-order valence-corrected chi connectivity index (χ3v) is 6.96. The van der Waals surface area contributed by atoms with Crippen LogP contribution in [0.2, 0.25) is 0 Å². The van der Waals surface area contributed by atoms with Crippen molar-refractivity contribution < 1.29 is 33.3 Å². The number of rotatable bonds is 9. The lowest BCUT2D eigenvalue weighted by Gasteiger charge is -2.25. The Morgan fingerprint density at radius 2 is 1.27 bits per heavy atom. The smallest absolute Gasteiger partial charge is 0.338 e. The zero-order valence-corrected chi connectivity index (χ0v) is 24.5. The van der Waals surface area contributed by atoms with Gasteiger partial charge in [0.15, 0.2) is 18.4 Å². The maximum absolute atomic E-state index is 13.3. The fourth-order valence-corrected chi connectivity index (χ4v) is 4.84. The van der Waals surface area contributed by atoms with E-state index in [1.807, 2.05) is 0 Å². The molecule has 0 saturated carbocycles. The van der Waals surface area contributed by atoms with E-state index >= 15 is 0 Å². The summed E-state index contributed by atoms with van der Waals surface area (Å²) in [6.45, 7) is -0.428. The van der Waals surface area contributed by atoms with E-state index in [1.165, 1.54) is 41.5 Å². The average molecular weight is 661 g/mol. The molecule has 1 aliphatic rings. The molecule has 1 saturated heterocycles. The molecular weight excluding hydrogens is 636 g/mol. The number of nitrogens with one attached hydrogen (secondary N) is 1. The van der Waals surface area contributed by atoms with E-state index in [1.54, 1.807) is 66.7 Å². The molecule has 0 unspecified atom stereocenters. The molecule has 0 aliphatic carbocycles. The molecule has 1 aromatic heterocycles. The number of carbonyl (C=O) groups is 3. The molecule has 224 valence electrons. The molecule has 1 aliphatic heterocycles. The fraction of sp³-hybridized carbons (Fsp3) is 0.156. The standard InChI is InChI=1S/C32H25BrN2O9/c33-17-16-23-18-35(32(40)34-27(23)36)28-26(44-31(39)22-14-8-3-9-15-22)25(43-30(38)21-12-6-2-7-13-21)24(42-28)19-41-29(37)20-10-4-1-5-11-20/h1-18,24-26,28H,19H2,(H,34,36,40)/t24-,25-,26-,28-/m1/s1. The molecule has 4 aromatic rings. The molecule has 0 spiro atoms. The van der Waals surface area contributed by atoms with E-state index in [9.17, 15) is 24.0 Å². The number of carbonyl (C=O) groups excluding carboxylic acids is 3. The van der Waals surface area contributed by atoms with Gasteiger partial charge in [0.2, 0.25) is 0 Å². The number of benzene rings is 3. The van der Waals surface area contributed by atoms with E-state index in [4.69, 9.17) is 18.9 Å². The van der Waals surface area contributed by atoms with Crippen molar-refractivity contribution in [3.63, 3.8) is 0 Å². The molecule has 4 atom stereocenters. The molecule has 0 amide bonds. The summed E-state index contributed by atoms with van der Waals surface area (Å²) in [6.07, 6.45) is -2.73. The SMILES string of the molecule is O=C(OC[C@H]1O[C@@H](n2cc(C=CBr)c(=O)[nH]c2=O)[C@H](OC(=O)c2ccccc2)[C@@H]1OC(=O)c1ccccc1)c1ccccc1. The van der Waals surface area contributed by atoms with Crippen molar-refractivity contribution >= 4 is 39.9 Å². The van der Waals surface area contributed by atoms with Gasteiger partial charge in [0.25, 0.3) is 5.56 Å². The molecule has 0 radical (unpaired) electrons. The van der Waals surface area contributed by atoms with Crippen LogP contribution in [0.1, 0.15) is 42.9 Å².